The summed E-state index contributed by atoms with van der Waals surface area (Å²) in [6.07, 6.45) is -4.36. The molecule has 3 aromatic rings. The van der Waals surface area contributed by atoms with Gasteiger partial charge in [0.05, 0.1) is 5.56 Å². The molecule has 3 rings (SSSR count). The molecule has 0 nitrogen and oxygen atoms in total. The fraction of sp³-hybridized carbons (Fsp3) is 0.111. The van der Waals surface area contributed by atoms with Crippen LogP contribution in [0.2, 0.25) is 0 Å². The van der Waals surface area contributed by atoms with Gasteiger partial charge in [-0.2, -0.15) is 13.2 Å². The summed E-state index contributed by atoms with van der Waals surface area (Å²) in [5.74, 6) is 0. The largest absolute Gasteiger partial charge is 0.416 e. The molecular weight excluding hydrogens is 273 g/mol. The summed E-state index contributed by atoms with van der Waals surface area (Å²) in [6, 6.07) is 19.1. The van der Waals surface area contributed by atoms with Crippen LogP contribution in [0.15, 0.2) is 48.5 Å². The van der Waals surface area contributed by atoms with Crippen molar-refractivity contribution in [3.05, 3.63) is 71.8 Å². The maximum atomic E-state index is 12.5. The molecule has 0 aliphatic heterocycles. The van der Waals surface area contributed by atoms with Gasteiger partial charge in [0, 0.05) is 0 Å². The molecule has 0 aromatic heterocycles. The van der Waals surface area contributed by atoms with Gasteiger partial charge in [0.25, 0.3) is 0 Å². The van der Waals surface area contributed by atoms with Gasteiger partial charge in [-0.1, -0.05) is 35.9 Å². The minimum Gasteiger partial charge on any atom is -0.166 e. The Morgan fingerprint density at radius 3 is 2.19 bits per heavy atom. The minimum atomic E-state index is -4.36. The average molecular weight is 284 g/mol. The predicted octanol–water partition coefficient (Wildman–Crippen LogP) is 5.43. The Kier molecular flexibility index (Phi) is 3.20. The summed E-state index contributed by atoms with van der Waals surface area (Å²) in [6.45, 7) is 2.00. The second-order valence-corrected chi connectivity index (χ2v) is 4.97. The minimum absolute atomic E-state index is 0.534. The highest BCUT2D eigenvalue weighted by Gasteiger charge is 2.30. The first-order valence-electron chi connectivity index (χ1n) is 6.45. The number of fused-ring (bicyclic) bond motifs is 1. The van der Waals surface area contributed by atoms with Crippen LogP contribution < -0.4 is 0 Å². The Morgan fingerprint density at radius 1 is 0.857 bits per heavy atom. The highest BCUT2D eigenvalue weighted by molar-refractivity contribution is 5.87. The first-order chi connectivity index (χ1) is 9.93. The average Bonchev–Trinajstić information content (AvgIpc) is 2.45. The number of rotatable bonds is 1. The Bertz CT molecular complexity index is 784. The number of benzene rings is 3. The summed E-state index contributed by atoms with van der Waals surface area (Å²) >= 11 is 0. The third-order valence-electron chi connectivity index (χ3n) is 3.36. The van der Waals surface area contributed by atoms with E-state index >= 15 is 0 Å². The van der Waals surface area contributed by atoms with Gasteiger partial charge in [-0.25, -0.2) is 0 Å². The van der Waals surface area contributed by atoms with Crippen molar-refractivity contribution in [2.24, 2.45) is 0 Å². The first kappa shape index (κ1) is 13.7. The van der Waals surface area contributed by atoms with Crippen molar-refractivity contribution in [1.29, 1.82) is 0 Å². The second kappa shape index (κ2) is 4.92. The highest BCUT2D eigenvalue weighted by Crippen LogP contribution is 2.31. The number of aryl methyl sites for hydroxylation is 1. The molecule has 0 saturated heterocycles. The van der Waals surface area contributed by atoms with E-state index in [-0.39, 0.29) is 0 Å². The second-order valence-electron chi connectivity index (χ2n) is 4.97. The summed E-state index contributed by atoms with van der Waals surface area (Å²) in [5.41, 5.74) is 1.75. The molecule has 0 N–H and O–H groups in total. The molecule has 3 heteroatoms. The standard InChI is InChI=1S/C18H11F3/c1-12-2-3-14-4-5-15(11-16(14)10-12)13-6-8-17(9-7-13)18(19,20)21/h2-5,8-11H,1H3. The summed E-state index contributed by atoms with van der Waals surface area (Å²) < 4.78 is 37.6. The SMILES string of the molecule is Cc1ccc2ccc(-c3[c]cc(C(F)(F)F)c[c]3)cc2c1. The smallest absolute Gasteiger partial charge is 0.166 e. The normalized spacial score (nSPS) is 11.8. The maximum absolute atomic E-state index is 12.5. The van der Waals surface area contributed by atoms with Crippen molar-refractivity contribution >= 4 is 10.8 Å². The number of hydrogen-bond acceptors (Lipinski definition) is 0. The molecule has 2 radical (unpaired) electrons. The summed E-state index contributed by atoms with van der Waals surface area (Å²) in [5, 5.41) is 2.14. The Balaban J connectivity index is 2.04. The van der Waals surface area contributed by atoms with E-state index in [9.17, 15) is 13.2 Å². The van der Waals surface area contributed by atoms with Crippen LogP contribution in [0.5, 0.6) is 0 Å². The molecule has 0 aliphatic rings. The predicted molar refractivity (Wildman–Crippen MR) is 76.8 cm³/mol. The van der Waals surface area contributed by atoms with Gasteiger partial charge in [0.15, 0.2) is 0 Å². The topological polar surface area (TPSA) is 0 Å². The van der Waals surface area contributed by atoms with Gasteiger partial charge < -0.3 is 0 Å². The summed E-state index contributed by atoms with van der Waals surface area (Å²) in [4.78, 5) is 0. The van der Waals surface area contributed by atoms with Gasteiger partial charge >= 0.3 is 6.18 Å². The zero-order chi connectivity index (χ0) is 15.0. The van der Waals surface area contributed by atoms with Crippen molar-refractivity contribution in [2.45, 2.75) is 13.1 Å². The highest BCUT2D eigenvalue weighted by atomic mass is 19.4. The first-order valence-corrected chi connectivity index (χ1v) is 6.45. The molecule has 0 unspecified atom stereocenters. The van der Waals surface area contributed by atoms with Crippen molar-refractivity contribution < 1.29 is 13.2 Å². The third kappa shape index (κ3) is 2.77. The Morgan fingerprint density at radius 2 is 1.52 bits per heavy atom. The molecule has 0 saturated carbocycles. The maximum Gasteiger partial charge on any atom is 0.416 e. The fourth-order valence-corrected chi connectivity index (χ4v) is 2.24. The van der Waals surface area contributed by atoms with E-state index in [2.05, 4.69) is 12.1 Å². The molecule has 0 heterocycles. The van der Waals surface area contributed by atoms with Crippen LogP contribution >= 0.6 is 0 Å². The van der Waals surface area contributed by atoms with Crippen LogP contribution in [0.1, 0.15) is 11.1 Å². The zero-order valence-electron chi connectivity index (χ0n) is 11.3. The summed E-state index contributed by atoms with van der Waals surface area (Å²) in [7, 11) is 0. The lowest BCUT2D eigenvalue weighted by atomic mass is 9.99. The number of alkyl halides is 3. The molecule has 21 heavy (non-hydrogen) atoms. The molecule has 0 atom stereocenters. The third-order valence-corrected chi connectivity index (χ3v) is 3.36. The molecular formula is C18H11F3. The lowest BCUT2D eigenvalue weighted by Gasteiger charge is -2.08. The molecule has 0 aliphatic carbocycles. The molecule has 0 bridgehead atoms. The molecule has 0 fully saturated rings. The van der Waals surface area contributed by atoms with E-state index in [1.165, 1.54) is 0 Å². The molecule has 104 valence electrons. The van der Waals surface area contributed by atoms with Crippen molar-refractivity contribution in [2.75, 3.05) is 0 Å². The van der Waals surface area contributed by atoms with Gasteiger partial charge in [0.2, 0.25) is 0 Å². The van der Waals surface area contributed by atoms with Crippen molar-refractivity contribution in [3.63, 3.8) is 0 Å². The van der Waals surface area contributed by atoms with E-state index in [1.807, 2.05) is 43.3 Å². The fourth-order valence-electron chi connectivity index (χ4n) is 2.24. The Labute approximate surface area is 120 Å². The number of halogens is 3. The number of hydrogen-bond donors (Lipinski definition) is 0. The van der Waals surface area contributed by atoms with E-state index < -0.39 is 11.7 Å². The van der Waals surface area contributed by atoms with Gasteiger partial charge in [-0.15, -0.1) is 0 Å². The van der Waals surface area contributed by atoms with Crippen LogP contribution in [0, 0.1) is 19.1 Å². The van der Waals surface area contributed by atoms with Crippen LogP contribution in [-0.2, 0) is 6.18 Å². The van der Waals surface area contributed by atoms with Crippen molar-refractivity contribution in [3.8, 4) is 11.1 Å². The molecule has 3 aromatic carbocycles. The lowest BCUT2D eigenvalue weighted by Crippen LogP contribution is -2.04. The monoisotopic (exact) mass is 284 g/mol. The zero-order valence-corrected chi connectivity index (χ0v) is 11.3. The quantitative estimate of drug-likeness (QED) is 0.558. The van der Waals surface area contributed by atoms with Crippen LogP contribution in [0.25, 0.3) is 21.9 Å². The Hall–Kier alpha value is -2.29. The lowest BCUT2D eigenvalue weighted by molar-refractivity contribution is -0.137. The van der Waals surface area contributed by atoms with Crippen LogP contribution in [0.3, 0.4) is 0 Å². The van der Waals surface area contributed by atoms with E-state index in [4.69, 9.17) is 0 Å². The van der Waals surface area contributed by atoms with Gasteiger partial charge in [0.1, 0.15) is 0 Å². The van der Waals surface area contributed by atoms with E-state index in [0.29, 0.717) is 5.56 Å². The molecule has 0 amide bonds. The van der Waals surface area contributed by atoms with E-state index in [0.717, 1.165) is 34.0 Å². The van der Waals surface area contributed by atoms with Gasteiger partial charge in [-0.05, 0) is 59.2 Å². The van der Waals surface area contributed by atoms with Crippen LogP contribution in [-0.4, -0.2) is 0 Å². The van der Waals surface area contributed by atoms with Crippen LogP contribution in [0.4, 0.5) is 13.2 Å². The molecule has 0 spiro atoms. The van der Waals surface area contributed by atoms with E-state index in [1.54, 1.807) is 0 Å². The van der Waals surface area contributed by atoms with Crippen molar-refractivity contribution in [1.82, 2.24) is 0 Å². The van der Waals surface area contributed by atoms with Gasteiger partial charge in [-0.3, -0.25) is 0 Å².